The van der Waals surface area contributed by atoms with Gasteiger partial charge in [0.1, 0.15) is 55.4 Å². The zero-order chi connectivity index (χ0) is 89.9. The van der Waals surface area contributed by atoms with Gasteiger partial charge >= 0.3 is 71.6 Å². The van der Waals surface area contributed by atoms with Crippen molar-refractivity contribution < 1.29 is 143 Å². The molecule has 5 aliphatic rings. The van der Waals surface area contributed by atoms with Gasteiger partial charge in [-0.3, -0.25) is 57.5 Å². The molecule has 5 aliphatic heterocycles. The number of H-pyrrole nitrogens is 2. The average molecular weight is 1730 g/mol. The maximum absolute atomic E-state index is 12.9. The van der Waals surface area contributed by atoms with Crippen LogP contribution in [0.15, 0.2) is 97.1 Å². The standard InChI is InChI=1S/C91H102N4O30/c1-14-15-16-17-18-19-20-21-22-23-65-66-36-38-68(92-66)77(59-24-30-62(31-25-59)120-89-86(117-56(11)105)83(114-53(8)102)80(111-50(5)99)74(123-89)44-108-47(2)96)70-40-42-72(94-70)79(61-28-34-64(35-29-61)122-91-88(119-58(13)107)85(116-55(10)104)82(113-52(7)101)76(125-91)46-110-49(4)98)73-43-41-71(95-73)78(69-39-37-67(65)93-69)60-26-32-63(33-27-60)121-90-87(118-57(12)106)84(115-54(9)103)81(112-51(6)100)75(124-90)45-109-48(3)97/h24-43,74-76,80-92,95H,14-23,44-46H2,1-13H3/t74-,75-,76-,80-,81-,82-,83+,84+,85+,86-,87-,88-,89-,90-,91-/m1/s1. The summed E-state index contributed by atoms with van der Waals surface area (Å²) in [5.41, 5.74) is 8.90. The zero-order valence-corrected chi connectivity index (χ0v) is 71.5. The van der Waals surface area contributed by atoms with Crippen LogP contribution in [0.2, 0.25) is 0 Å². The number of nitrogens with zero attached hydrogens (tertiary/aromatic N) is 2. The Bertz CT molecular complexity index is 5050. The van der Waals surface area contributed by atoms with Crippen molar-refractivity contribution in [2.24, 2.45) is 0 Å². The van der Waals surface area contributed by atoms with E-state index in [4.69, 9.17) is 95.2 Å². The molecular formula is C91H102N4O30. The molecule has 0 radical (unpaired) electrons. The molecule has 3 aromatic heterocycles. The molecule has 0 unspecified atom stereocenters. The molecule has 15 atom stereocenters. The quantitative estimate of drug-likeness (QED) is 0.0215. The zero-order valence-electron chi connectivity index (χ0n) is 71.5. The summed E-state index contributed by atoms with van der Waals surface area (Å²) in [5.74, 6) is -9.10. The van der Waals surface area contributed by atoms with Crippen LogP contribution in [0.1, 0.15) is 176 Å². The van der Waals surface area contributed by atoms with Gasteiger partial charge in [0.25, 0.3) is 0 Å². The molecule has 0 aliphatic carbocycles. The second kappa shape index (κ2) is 43.0. The van der Waals surface area contributed by atoms with E-state index in [2.05, 4.69) is 16.9 Å². The van der Waals surface area contributed by atoms with Crippen LogP contribution in [0, 0.1) is 0 Å². The maximum Gasteiger partial charge on any atom is 0.303 e. The minimum absolute atomic E-state index is 0.121. The van der Waals surface area contributed by atoms with Crippen LogP contribution in [0.5, 0.6) is 17.2 Å². The third-order valence-corrected chi connectivity index (χ3v) is 20.4. The molecule has 0 amide bonds. The van der Waals surface area contributed by atoms with Crippen molar-refractivity contribution in [1.29, 1.82) is 0 Å². The van der Waals surface area contributed by atoms with Gasteiger partial charge in [-0.15, -0.1) is 0 Å². The summed E-state index contributed by atoms with van der Waals surface area (Å²) in [7, 11) is 0. The van der Waals surface area contributed by atoms with E-state index in [0.717, 1.165) is 119 Å². The van der Waals surface area contributed by atoms with Crippen molar-refractivity contribution in [3.8, 4) is 50.6 Å². The van der Waals surface area contributed by atoms with Gasteiger partial charge in [0.15, 0.2) is 36.6 Å². The van der Waals surface area contributed by atoms with Gasteiger partial charge in [-0.25, -0.2) is 9.97 Å². The van der Waals surface area contributed by atoms with Crippen LogP contribution in [-0.4, -0.2) is 204 Å². The number of aromatic amines is 2. The molecule has 2 N–H and O–H groups in total. The molecule has 0 saturated carbocycles. The van der Waals surface area contributed by atoms with E-state index in [1.165, 1.54) is 33.1 Å². The summed E-state index contributed by atoms with van der Waals surface area (Å²) in [5, 5.41) is 0. The number of carbonyl (C=O) groups excluding carboxylic acids is 12. The molecule has 6 aromatic rings. The van der Waals surface area contributed by atoms with E-state index in [1.54, 1.807) is 72.8 Å². The Morgan fingerprint density at radius 3 is 0.824 bits per heavy atom. The molecule has 8 bridgehead atoms. The van der Waals surface area contributed by atoms with Gasteiger partial charge in [-0.05, 0) is 114 Å². The van der Waals surface area contributed by atoms with Crippen molar-refractivity contribution in [2.45, 2.75) is 246 Å². The first-order valence-electron chi connectivity index (χ1n) is 41.2. The lowest BCUT2D eigenvalue weighted by Gasteiger charge is -2.43. The summed E-state index contributed by atoms with van der Waals surface area (Å²) in [6, 6.07) is 28.0. The highest BCUT2D eigenvalue weighted by molar-refractivity contribution is 5.98. The van der Waals surface area contributed by atoms with Gasteiger partial charge in [0.05, 0.1) is 22.8 Å². The summed E-state index contributed by atoms with van der Waals surface area (Å²) >= 11 is 0. The smallest absolute Gasteiger partial charge is 0.303 e. The number of esters is 12. The Hall–Kier alpha value is -12.8. The first-order valence-corrected chi connectivity index (χ1v) is 41.2. The lowest BCUT2D eigenvalue weighted by atomic mass is 9.98. The van der Waals surface area contributed by atoms with Crippen LogP contribution in [0.3, 0.4) is 0 Å². The number of nitrogens with one attached hydrogen (secondary N) is 2. The largest absolute Gasteiger partial charge is 0.463 e. The van der Waals surface area contributed by atoms with Gasteiger partial charge in [-0.1, -0.05) is 94.7 Å². The maximum atomic E-state index is 12.9. The van der Waals surface area contributed by atoms with Crippen LogP contribution in [0.4, 0.5) is 0 Å². The molecule has 3 aromatic carbocycles. The first-order chi connectivity index (χ1) is 59.8. The van der Waals surface area contributed by atoms with Crippen LogP contribution in [0.25, 0.3) is 79.8 Å². The minimum Gasteiger partial charge on any atom is -0.463 e. The molecule has 0 spiro atoms. The number of aromatic nitrogens is 4. The van der Waals surface area contributed by atoms with Crippen molar-refractivity contribution >= 4 is 118 Å². The van der Waals surface area contributed by atoms with E-state index >= 15 is 0 Å². The Morgan fingerprint density at radius 1 is 0.288 bits per heavy atom. The van der Waals surface area contributed by atoms with E-state index < -0.39 is 184 Å². The van der Waals surface area contributed by atoms with Crippen molar-refractivity contribution in [1.82, 2.24) is 19.9 Å². The molecule has 34 heteroatoms. The van der Waals surface area contributed by atoms with Crippen LogP contribution >= 0.6 is 0 Å². The summed E-state index contributed by atoms with van der Waals surface area (Å²) < 4.78 is 106. The van der Waals surface area contributed by atoms with Gasteiger partial charge in [-0.2, -0.15) is 0 Å². The normalized spacial score (nSPS) is 22.4. The van der Waals surface area contributed by atoms with Gasteiger partial charge in [0.2, 0.25) is 37.2 Å². The van der Waals surface area contributed by atoms with Crippen molar-refractivity contribution in [3.63, 3.8) is 0 Å². The van der Waals surface area contributed by atoms with E-state index in [0.29, 0.717) is 79.1 Å². The number of aryl methyl sites for hydroxylation is 1. The SMILES string of the molecule is CCCCCCCCCCCc1c2nc(c(-c3ccc(O[C@@H]4O[C@H](COC(C)=O)[C@@H](OC(C)=O)[C@H](OC(C)=O)[C@H]4OC(C)=O)cc3)c3ccc([nH]3)c(-c3ccc(O[C@@H]4O[C@H](COC(C)=O)[C@@H](OC(C)=O)[C@H](OC(C)=O)[C@H]4OC(C)=O)cc3)c3nc(c(-c4ccc(O[C@@H]5O[C@H](COC(C)=O)[C@@H](OC(C)=O)[C@H](OC(C)=O)[C@H]5OC(C)=O)cc4)c4ccc1[nH]4)C=C3)C=C2. The minimum atomic E-state index is -1.59. The number of fused-ring (bicyclic) bond motifs is 8. The number of carbonyl (C=O) groups is 12. The lowest BCUT2D eigenvalue weighted by Crippen LogP contribution is -2.63. The molecule has 3 fully saturated rings. The lowest BCUT2D eigenvalue weighted by molar-refractivity contribution is -0.288. The molecule has 11 rings (SSSR count). The fraction of sp³-hybridized carbons (Fsp3) is 0.451. The third-order valence-electron chi connectivity index (χ3n) is 20.4. The Kier molecular flexibility index (Phi) is 31.9. The molecule has 3 saturated heterocycles. The van der Waals surface area contributed by atoms with E-state index in [1.807, 2.05) is 48.6 Å². The first kappa shape index (κ1) is 92.9. The number of ether oxygens (including phenoxy) is 18. The van der Waals surface area contributed by atoms with E-state index in [-0.39, 0.29) is 17.2 Å². The predicted molar refractivity (Wildman–Crippen MR) is 444 cm³/mol. The van der Waals surface area contributed by atoms with Gasteiger partial charge < -0.3 is 95.2 Å². The summed E-state index contributed by atoms with van der Waals surface area (Å²) in [6.45, 7) is 14.2. The van der Waals surface area contributed by atoms with Crippen molar-refractivity contribution in [3.05, 3.63) is 125 Å². The Balaban J connectivity index is 1.09. The predicted octanol–water partition coefficient (Wildman–Crippen LogP) is 12.1. The number of hydrogen-bond donors (Lipinski definition) is 2. The Morgan fingerprint density at radius 2 is 0.536 bits per heavy atom. The van der Waals surface area contributed by atoms with Gasteiger partial charge in [0, 0.05) is 127 Å². The fourth-order valence-corrected chi connectivity index (χ4v) is 15.4. The molecular weight excluding hydrogens is 1630 g/mol. The third kappa shape index (κ3) is 24.8. The molecule has 666 valence electrons. The number of benzene rings is 3. The fourth-order valence-electron chi connectivity index (χ4n) is 15.4. The highest BCUT2D eigenvalue weighted by atomic mass is 16.8. The summed E-state index contributed by atoms with van der Waals surface area (Å²) in [4.78, 5) is 170. The summed E-state index contributed by atoms with van der Waals surface area (Å²) in [6.07, 6.45) is -4.31. The number of rotatable bonds is 34. The highest BCUT2D eigenvalue weighted by Crippen LogP contribution is 2.42. The highest BCUT2D eigenvalue weighted by Gasteiger charge is 2.57. The topological polar surface area (TPSA) is 428 Å². The molecule has 8 heterocycles. The second-order valence-electron chi connectivity index (χ2n) is 30.3. The van der Waals surface area contributed by atoms with Crippen molar-refractivity contribution in [2.75, 3.05) is 19.8 Å². The van der Waals surface area contributed by atoms with E-state index in [9.17, 15) is 57.5 Å². The Labute approximate surface area is 719 Å². The second-order valence-corrected chi connectivity index (χ2v) is 30.3. The number of unbranched alkanes of at least 4 members (excludes halogenated alkanes) is 8. The van der Waals surface area contributed by atoms with Crippen LogP contribution in [-0.2, 0) is 135 Å². The average Bonchev–Trinajstić information content (AvgIpc) is 1.65. The monoisotopic (exact) mass is 1730 g/mol. The molecule has 34 nitrogen and oxygen atoms in total. The number of hydrogen-bond acceptors (Lipinski definition) is 32. The molecule has 125 heavy (non-hydrogen) atoms. The van der Waals surface area contributed by atoms with Crippen LogP contribution < -0.4 is 14.2 Å².